The zero-order chi connectivity index (χ0) is 25.5. The molecule has 1 aliphatic heterocycles. The second kappa shape index (κ2) is 9.14. The summed E-state index contributed by atoms with van der Waals surface area (Å²) >= 11 is 0. The predicted molar refractivity (Wildman–Crippen MR) is 134 cm³/mol. The normalized spacial score (nSPS) is 15.4. The van der Waals surface area contributed by atoms with Crippen LogP contribution < -0.4 is 14.9 Å². The van der Waals surface area contributed by atoms with Gasteiger partial charge in [0.2, 0.25) is 11.8 Å². The fourth-order valence-electron chi connectivity index (χ4n) is 4.55. The van der Waals surface area contributed by atoms with Crippen molar-refractivity contribution in [2.45, 2.75) is 45.1 Å². The smallest absolute Gasteiger partial charge is 0.265 e. The SMILES string of the molecule is Cc1cc(C)c(S(=O)(=O)N2c3ccccc3NC(=O)C2CC(=O)Nc2ccc(F)cc2C)c(C)c1. The van der Waals surface area contributed by atoms with Crippen LogP contribution in [0.3, 0.4) is 0 Å². The van der Waals surface area contributed by atoms with Gasteiger partial charge in [-0.2, -0.15) is 0 Å². The number of fused-ring (bicyclic) bond motifs is 1. The van der Waals surface area contributed by atoms with E-state index in [1.165, 1.54) is 18.2 Å². The number of anilines is 3. The molecule has 1 unspecified atom stereocenters. The Labute approximate surface area is 204 Å². The average Bonchev–Trinajstić information content (AvgIpc) is 2.75. The standard InChI is InChI=1S/C26H26FN3O4S/c1-15-11-17(3)25(18(4)12-15)35(33,34)30-22-8-6-5-7-21(22)29-26(32)23(30)14-24(31)28-20-10-9-19(27)13-16(20)2/h5-13,23H,14H2,1-4H3,(H,28,31)(H,29,32). The molecule has 0 bridgehead atoms. The van der Waals surface area contributed by atoms with Crippen molar-refractivity contribution in [3.05, 3.63) is 82.7 Å². The first-order chi connectivity index (χ1) is 16.5. The number of amides is 2. The van der Waals surface area contributed by atoms with E-state index in [0.717, 1.165) is 9.87 Å². The summed E-state index contributed by atoms with van der Waals surface area (Å²) in [7, 11) is -4.22. The third-order valence-electron chi connectivity index (χ3n) is 5.95. The number of nitrogens with zero attached hydrogens (tertiary/aromatic N) is 1. The molecule has 2 amide bonds. The number of aryl methyl sites for hydroxylation is 4. The van der Waals surface area contributed by atoms with E-state index in [4.69, 9.17) is 0 Å². The Morgan fingerprint density at radius 3 is 2.31 bits per heavy atom. The summed E-state index contributed by atoms with van der Waals surface area (Å²) < 4.78 is 42.6. The molecule has 7 nitrogen and oxygen atoms in total. The maximum atomic E-state index is 14.1. The molecule has 35 heavy (non-hydrogen) atoms. The van der Waals surface area contributed by atoms with Crippen LogP contribution in [0.15, 0.2) is 59.5 Å². The number of halogens is 1. The van der Waals surface area contributed by atoms with Crippen molar-refractivity contribution in [2.75, 3.05) is 14.9 Å². The molecule has 0 saturated heterocycles. The second-order valence-electron chi connectivity index (χ2n) is 8.76. The summed E-state index contributed by atoms with van der Waals surface area (Å²) in [5.41, 5.74) is 3.53. The van der Waals surface area contributed by atoms with Gasteiger partial charge in [0.05, 0.1) is 22.7 Å². The van der Waals surface area contributed by atoms with Gasteiger partial charge in [0, 0.05) is 5.69 Å². The number of rotatable bonds is 5. The summed E-state index contributed by atoms with van der Waals surface area (Å²) in [5.74, 6) is -1.62. The van der Waals surface area contributed by atoms with E-state index >= 15 is 0 Å². The molecule has 1 atom stereocenters. The molecule has 1 aliphatic rings. The maximum Gasteiger partial charge on any atom is 0.265 e. The Hall–Kier alpha value is -3.72. The van der Waals surface area contributed by atoms with E-state index < -0.39 is 40.1 Å². The number of nitrogens with one attached hydrogen (secondary N) is 2. The quantitative estimate of drug-likeness (QED) is 0.541. The summed E-state index contributed by atoms with van der Waals surface area (Å²) in [5, 5.41) is 5.38. The van der Waals surface area contributed by atoms with Gasteiger partial charge in [0.1, 0.15) is 11.9 Å². The van der Waals surface area contributed by atoms with Crippen LogP contribution in [0.1, 0.15) is 28.7 Å². The van der Waals surface area contributed by atoms with Crippen LogP contribution in [-0.4, -0.2) is 26.3 Å². The first kappa shape index (κ1) is 24.4. The Balaban J connectivity index is 1.77. The highest BCUT2D eigenvalue weighted by atomic mass is 32.2. The van der Waals surface area contributed by atoms with Crippen molar-refractivity contribution >= 4 is 38.9 Å². The molecule has 9 heteroatoms. The van der Waals surface area contributed by atoms with Crippen LogP contribution in [0, 0.1) is 33.5 Å². The molecule has 0 radical (unpaired) electrons. The molecule has 0 saturated carbocycles. The van der Waals surface area contributed by atoms with Gasteiger partial charge in [-0.25, -0.2) is 12.8 Å². The molecule has 4 rings (SSSR count). The van der Waals surface area contributed by atoms with Crippen molar-refractivity contribution < 1.29 is 22.4 Å². The number of carbonyl (C=O) groups is 2. The largest absolute Gasteiger partial charge is 0.326 e. The van der Waals surface area contributed by atoms with Crippen LogP contribution in [0.4, 0.5) is 21.5 Å². The first-order valence-corrected chi connectivity index (χ1v) is 12.5. The topological polar surface area (TPSA) is 95.6 Å². The van der Waals surface area contributed by atoms with E-state index in [-0.39, 0.29) is 10.6 Å². The summed E-state index contributed by atoms with van der Waals surface area (Å²) in [6.45, 7) is 6.94. The molecule has 0 spiro atoms. The van der Waals surface area contributed by atoms with Crippen LogP contribution in [0.2, 0.25) is 0 Å². The summed E-state index contributed by atoms with van der Waals surface area (Å²) in [4.78, 5) is 26.2. The fourth-order valence-corrected chi connectivity index (χ4v) is 6.60. The lowest BCUT2D eigenvalue weighted by Gasteiger charge is -2.37. The molecule has 0 aliphatic carbocycles. The predicted octanol–water partition coefficient (Wildman–Crippen LogP) is 4.60. The minimum Gasteiger partial charge on any atom is -0.326 e. The van der Waals surface area contributed by atoms with Crippen molar-refractivity contribution in [2.24, 2.45) is 0 Å². The van der Waals surface area contributed by atoms with Gasteiger partial charge in [0.15, 0.2) is 0 Å². The van der Waals surface area contributed by atoms with Crippen LogP contribution in [0.25, 0.3) is 0 Å². The van der Waals surface area contributed by atoms with E-state index in [9.17, 15) is 22.4 Å². The lowest BCUT2D eigenvalue weighted by molar-refractivity contribution is -0.122. The number of para-hydroxylation sites is 2. The minimum atomic E-state index is -4.22. The molecule has 0 fully saturated rings. The zero-order valence-corrected chi connectivity index (χ0v) is 20.7. The lowest BCUT2D eigenvalue weighted by atomic mass is 10.1. The number of sulfonamides is 1. The Bertz CT molecular complexity index is 1430. The van der Waals surface area contributed by atoms with E-state index in [1.807, 2.05) is 6.92 Å². The van der Waals surface area contributed by atoms with Crippen molar-refractivity contribution in [3.63, 3.8) is 0 Å². The van der Waals surface area contributed by atoms with Crippen molar-refractivity contribution in [1.29, 1.82) is 0 Å². The van der Waals surface area contributed by atoms with Gasteiger partial charge in [-0.05, 0) is 74.7 Å². The number of hydrogen-bond donors (Lipinski definition) is 2. The highest BCUT2D eigenvalue weighted by Gasteiger charge is 2.43. The van der Waals surface area contributed by atoms with Gasteiger partial charge < -0.3 is 10.6 Å². The molecular formula is C26H26FN3O4S. The highest BCUT2D eigenvalue weighted by molar-refractivity contribution is 7.93. The number of carbonyl (C=O) groups excluding carboxylic acids is 2. The molecule has 182 valence electrons. The summed E-state index contributed by atoms with van der Waals surface area (Å²) in [6, 6.07) is 12.7. The Morgan fingerprint density at radius 1 is 1.00 bits per heavy atom. The number of hydrogen-bond acceptors (Lipinski definition) is 4. The van der Waals surface area contributed by atoms with Gasteiger partial charge in [-0.1, -0.05) is 29.8 Å². The minimum absolute atomic E-state index is 0.104. The van der Waals surface area contributed by atoms with Gasteiger partial charge in [-0.3, -0.25) is 13.9 Å². The lowest BCUT2D eigenvalue weighted by Crippen LogP contribution is -2.52. The highest BCUT2D eigenvalue weighted by Crippen LogP contribution is 2.38. The maximum absolute atomic E-state index is 14.1. The first-order valence-electron chi connectivity index (χ1n) is 11.1. The monoisotopic (exact) mass is 495 g/mol. The number of benzene rings is 3. The van der Waals surface area contributed by atoms with Crippen LogP contribution >= 0.6 is 0 Å². The van der Waals surface area contributed by atoms with Crippen LogP contribution in [-0.2, 0) is 19.6 Å². The molecule has 1 heterocycles. The molecule has 2 N–H and O–H groups in total. The van der Waals surface area contributed by atoms with Gasteiger partial charge in [-0.15, -0.1) is 0 Å². The van der Waals surface area contributed by atoms with E-state index in [1.54, 1.807) is 57.2 Å². The summed E-state index contributed by atoms with van der Waals surface area (Å²) in [6.07, 6.45) is -0.430. The average molecular weight is 496 g/mol. The fraction of sp³-hybridized carbons (Fsp3) is 0.231. The van der Waals surface area contributed by atoms with E-state index in [0.29, 0.717) is 28.1 Å². The third-order valence-corrected chi connectivity index (χ3v) is 8.08. The molecule has 3 aromatic rings. The molecule has 3 aromatic carbocycles. The second-order valence-corrected chi connectivity index (χ2v) is 10.5. The third kappa shape index (κ3) is 4.64. The van der Waals surface area contributed by atoms with Crippen molar-refractivity contribution in [1.82, 2.24) is 0 Å². The van der Waals surface area contributed by atoms with Gasteiger partial charge >= 0.3 is 0 Å². The van der Waals surface area contributed by atoms with Gasteiger partial charge in [0.25, 0.3) is 10.0 Å². The Kier molecular flexibility index (Phi) is 6.38. The van der Waals surface area contributed by atoms with Crippen molar-refractivity contribution in [3.8, 4) is 0 Å². The molecule has 0 aromatic heterocycles. The Morgan fingerprint density at radius 2 is 1.66 bits per heavy atom. The van der Waals surface area contributed by atoms with E-state index in [2.05, 4.69) is 10.6 Å². The molecular weight excluding hydrogens is 469 g/mol. The van der Waals surface area contributed by atoms with Crippen LogP contribution in [0.5, 0.6) is 0 Å². The zero-order valence-electron chi connectivity index (χ0n) is 19.8.